The summed E-state index contributed by atoms with van der Waals surface area (Å²) in [6.07, 6.45) is 0. The number of aryl methyl sites for hydroxylation is 1. The van der Waals surface area contributed by atoms with Gasteiger partial charge in [-0.15, -0.1) is 0 Å². The molecule has 0 spiro atoms. The van der Waals surface area contributed by atoms with Crippen LogP contribution in [0.25, 0.3) is 0 Å². The molecule has 0 fully saturated rings. The minimum absolute atomic E-state index is 0.0951. The Hall–Kier alpha value is -1.13. The molecule has 0 bridgehead atoms. The average Bonchev–Trinajstić information content (AvgIpc) is 2.34. The Morgan fingerprint density at radius 3 is 2.44 bits per heavy atom. The zero-order valence-corrected chi connectivity index (χ0v) is 12.9. The lowest BCUT2D eigenvalue weighted by Crippen LogP contribution is -2.13. The second kappa shape index (κ2) is 5.67. The fourth-order valence-corrected chi connectivity index (χ4v) is 2.23. The molecule has 2 aromatic rings. The van der Waals surface area contributed by atoms with Gasteiger partial charge in [0.2, 0.25) is 0 Å². The maximum absolute atomic E-state index is 12.1. The summed E-state index contributed by atoms with van der Waals surface area (Å²) in [5, 5.41) is 2.88. The third-order valence-electron chi connectivity index (χ3n) is 2.57. The minimum atomic E-state index is -0.0951. The second-order valence-corrected chi connectivity index (χ2v) is 5.61. The molecular formula is C14H11Br2NO. The number of hydrogen-bond donors (Lipinski definition) is 1. The van der Waals surface area contributed by atoms with Gasteiger partial charge in [0.1, 0.15) is 0 Å². The average molecular weight is 369 g/mol. The van der Waals surface area contributed by atoms with E-state index in [1.165, 1.54) is 0 Å². The van der Waals surface area contributed by atoms with Crippen LogP contribution >= 0.6 is 31.9 Å². The number of amides is 1. The first-order valence-electron chi connectivity index (χ1n) is 5.40. The second-order valence-electron chi connectivity index (χ2n) is 3.90. The Morgan fingerprint density at radius 2 is 1.78 bits per heavy atom. The third kappa shape index (κ3) is 3.00. The van der Waals surface area contributed by atoms with Crippen molar-refractivity contribution in [3.8, 4) is 0 Å². The summed E-state index contributed by atoms with van der Waals surface area (Å²) >= 11 is 6.80. The molecule has 0 heterocycles. The molecule has 0 unspecified atom stereocenters. The molecule has 0 aliphatic heterocycles. The van der Waals surface area contributed by atoms with E-state index in [-0.39, 0.29) is 5.91 Å². The van der Waals surface area contributed by atoms with Gasteiger partial charge in [-0.1, -0.05) is 18.2 Å². The number of carbonyl (C=O) groups excluding carboxylic acids is 1. The summed E-state index contributed by atoms with van der Waals surface area (Å²) in [5.41, 5.74) is 2.42. The lowest BCUT2D eigenvalue weighted by Gasteiger charge is -2.08. The van der Waals surface area contributed by atoms with Gasteiger partial charge in [-0.05, 0) is 68.6 Å². The van der Waals surface area contributed by atoms with Crippen molar-refractivity contribution in [3.05, 3.63) is 62.5 Å². The van der Waals surface area contributed by atoms with Crippen LogP contribution in [0.2, 0.25) is 0 Å². The van der Waals surface area contributed by atoms with Crippen molar-refractivity contribution in [1.82, 2.24) is 0 Å². The molecule has 4 heteroatoms. The zero-order valence-electron chi connectivity index (χ0n) is 9.71. The monoisotopic (exact) mass is 367 g/mol. The first-order valence-corrected chi connectivity index (χ1v) is 6.98. The predicted molar refractivity (Wildman–Crippen MR) is 81.0 cm³/mol. The van der Waals surface area contributed by atoms with Gasteiger partial charge in [-0.3, -0.25) is 4.79 Å². The van der Waals surface area contributed by atoms with Crippen LogP contribution in [0.3, 0.4) is 0 Å². The Bertz CT molecular complexity index is 596. The SMILES string of the molecule is Cc1ccccc1C(=O)Nc1ccc(Br)c(Br)c1. The summed E-state index contributed by atoms with van der Waals surface area (Å²) < 4.78 is 1.86. The molecule has 2 aromatic carbocycles. The number of anilines is 1. The smallest absolute Gasteiger partial charge is 0.255 e. The van der Waals surface area contributed by atoms with E-state index >= 15 is 0 Å². The molecule has 0 aliphatic carbocycles. The van der Waals surface area contributed by atoms with E-state index in [0.717, 1.165) is 20.2 Å². The third-order valence-corrected chi connectivity index (χ3v) is 4.45. The molecule has 2 nitrogen and oxygen atoms in total. The molecule has 0 aliphatic rings. The highest BCUT2D eigenvalue weighted by Gasteiger charge is 2.08. The lowest BCUT2D eigenvalue weighted by molar-refractivity contribution is 0.102. The summed E-state index contributed by atoms with van der Waals surface area (Å²) in [6.45, 7) is 1.92. The van der Waals surface area contributed by atoms with Crippen LogP contribution in [0, 0.1) is 6.92 Å². The molecule has 92 valence electrons. The molecule has 0 atom stereocenters. The molecule has 1 N–H and O–H groups in total. The maximum Gasteiger partial charge on any atom is 0.255 e. The number of rotatable bonds is 2. The van der Waals surface area contributed by atoms with Crippen molar-refractivity contribution in [1.29, 1.82) is 0 Å². The molecule has 0 saturated heterocycles. The number of nitrogens with one attached hydrogen (secondary N) is 1. The largest absolute Gasteiger partial charge is 0.322 e. The van der Waals surface area contributed by atoms with E-state index in [9.17, 15) is 4.79 Å². The number of halogens is 2. The standard InChI is InChI=1S/C14H11Br2NO/c1-9-4-2-3-5-11(9)14(18)17-10-6-7-12(15)13(16)8-10/h2-8H,1H3,(H,17,18). The molecule has 1 amide bonds. The van der Waals surface area contributed by atoms with Crippen LogP contribution in [-0.4, -0.2) is 5.91 Å². The van der Waals surface area contributed by atoms with Crippen molar-refractivity contribution in [3.63, 3.8) is 0 Å². The molecular weight excluding hydrogens is 358 g/mol. The van der Waals surface area contributed by atoms with Gasteiger partial charge in [0.05, 0.1) is 0 Å². The van der Waals surface area contributed by atoms with Crippen LogP contribution in [0.4, 0.5) is 5.69 Å². The van der Waals surface area contributed by atoms with Gasteiger partial charge in [-0.2, -0.15) is 0 Å². The van der Waals surface area contributed by atoms with Gasteiger partial charge in [0.25, 0.3) is 5.91 Å². The highest BCUT2D eigenvalue weighted by atomic mass is 79.9. The van der Waals surface area contributed by atoms with Gasteiger partial charge in [0.15, 0.2) is 0 Å². The Balaban J connectivity index is 2.22. The van der Waals surface area contributed by atoms with Gasteiger partial charge < -0.3 is 5.32 Å². The Labute approximate surface area is 123 Å². The van der Waals surface area contributed by atoms with Crippen LogP contribution in [0.15, 0.2) is 51.4 Å². The van der Waals surface area contributed by atoms with Crippen molar-refractivity contribution in [2.75, 3.05) is 5.32 Å². The van der Waals surface area contributed by atoms with Crippen LogP contribution < -0.4 is 5.32 Å². The highest BCUT2D eigenvalue weighted by Crippen LogP contribution is 2.26. The quantitative estimate of drug-likeness (QED) is 0.812. The number of benzene rings is 2. The molecule has 0 saturated carbocycles. The van der Waals surface area contributed by atoms with E-state index in [1.807, 2.05) is 49.4 Å². The summed E-state index contributed by atoms with van der Waals surface area (Å²) in [7, 11) is 0. The topological polar surface area (TPSA) is 29.1 Å². The van der Waals surface area contributed by atoms with Gasteiger partial charge in [-0.25, -0.2) is 0 Å². The Kier molecular flexibility index (Phi) is 4.19. The van der Waals surface area contributed by atoms with Crippen molar-refractivity contribution in [2.24, 2.45) is 0 Å². The zero-order chi connectivity index (χ0) is 13.1. The normalized spacial score (nSPS) is 10.2. The van der Waals surface area contributed by atoms with Crippen molar-refractivity contribution in [2.45, 2.75) is 6.92 Å². The first kappa shape index (κ1) is 13.3. The van der Waals surface area contributed by atoms with Crippen LogP contribution in [0.5, 0.6) is 0 Å². The Morgan fingerprint density at radius 1 is 1.06 bits per heavy atom. The van der Waals surface area contributed by atoms with Gasteiger partial charge in [0, 0.05) is 20.2 Å². The van der Waals surface area contributed by atoms with Crippen LogP contribution in [-0.2, 0) is 0 Å². The fraction of sp³-hybridized carbons (Fsp3) is 0.0714. The maximum atomic E-state index is 12.1. The van der Waals surface area contributed by atoms with E-state index in [4.69, 9.17) is 0 Å². The molecule has 18 heavy (non-hydrogen) atoms. The van der Waals surface area contributed by atoms with E-state index in [1.54, 1.807) is 0 Å². The fourth-order valence-electron chi connectivity index (χ4n) is 1.60. The van der Waals surface area contributed by atoms with E-state index < -0.39 is 0 Å². The first-order chi connectivity index (χ1) is 8.58. The lowest BCUT2D eigenvalue weighted by atomic mass is 10.1. The number of hydrogen-bond acceptors (Lipinski definition) is 1. The van der Waals surface area contributed by atoms with Gasteiger partial charge >= 0.3 is 0 Å². The molecule has 0 aromatic heterocycles. The molecule has 0 radical (unpaired) electrons. The van der Waals surface area contributed by atoms with Crippen molar-refractivity contribution >= 4 is 43.5 Å². The van der Waals surface area contributed by atoms with Crippen LogP contribution in [0.1, 0.15) is 15.9 Å². The van der Waals surface area contributed by atoms with E-state index in [2.05, 4.69) is 37.2 Å². The van der Waals surface area contributed by atoms with E-state index in [0.29, 0.717) is 5.56 Å². The summed E-state index contributed by atoms with van der Waals surface area (Å²) in [6, 6.07) is 13.1. The summed E-state index contributed by atoms with van der Waals surface area (Å²) in [4.78, 5) is 12.1. The van der Waals surface area contributed by atoms with Crippen molar-refractivity contribution < 1.29 is 4.79 Å². The highest BCUT2D eigenvalue weighted by molar-refractivity contribution is 9.13. The molecule has 2 rings (SSSR count). The predicted octanol–water partition coefficient (Wildman–Crippen LogP) is 4.77. The minimum Gasteiger partial charge on any atom is -0.322 e. The summed E-state index contributed by atoms with van der Waals surface area (Å²) in [5.74, 6) is -0.0951. The number of carbonyl (C=O) groups is 1.